The zero-order chi connectivity index (χ0) is 19.6. The predicted molar refractivity (Wildman–Crippen MR) is 58.0 cm³/mol. The third-order valence-electron chi connectivity index (χ3n) is 1.29. The average molecular weight is 496 g/mol. The van der Waals surface area contributed by atoms with Crippen LogP contribution in [-0.2, 0) is 54.7 Å². The van der Waals surface area contributed by atoms with Crippen LogP contribution in [0.25, 0.3) is 0 Å². The van der Waals surface area contributed by atoms with Crippen LogP contribution in [-0.4, -0.2) is 79.0 Å². The Balaban J connectivity index is -0.0000000652. The van der Waals surface area contributed by atoms with Crippen LogP contribution in [0.4, 0.5) is 0 Å². The van der Waals surface area contributed by atoms with Gasteiger partial charge < -0.3 is 38.6 Å². The molecule has 0 spiro atoms. The molecule has 0 rings (SSSR count). The van der Waals surface area contributed by atoms with Crippen LogP contribution in [0.2, 0.25) is 0 Å². The molecule has 0 aromatic rings. The van der Waals surface area contributed by atoms with Crippen LogP contribution in [0.15, 0.2) is 0 Å². The zero-order valence-electron chi connectivity index (χ0n) is 13.2. The van der Waals surface area contributed by atoms with Crippen molar-refractivity contribution >= 4 is 38.7 Å². The van der Waals surface area contributed by atoms with E-state index in [0.29, 0.717) is 0 Å². The summed E-state index contributed by atoms with van der Waals surface area (Å²) in [6.07, 6.45) is -2.29. The van der Waals surface area contributed by atoms with E-state index in [1.165, 1.54) is 0 Å². The molecule has 0 aliphatic rings. The van der Waals surface area contributed by atoms with Crippen molar-refractivity contribution in [2.45, 2.75) is 18.4 Å². The van der Waals surface area contributed by atoms with E-state index in [1.54, 1.807) is 0 Å². The van der Waals surface area contributed by atoms with Gasteiger partial charge in [0, 0.05) is 20.8 Å². The zero-order valence-corrected chi connectivity index (χ0v) is 21.8. The second-order valence-electron chi connectivity index (χ2n) is 3.29. The number of carboxylic acid groups (broad SMARTS) is 3. The molecule has 0 aromatic carbocycles. The van der Waals surface area contributed by atoms with Crippen molar-refractivity contribution in [2.24, 2.45) is 0 Å². The molecule has 0 fully saturated rings. The number of rotatable bonds is 5. The number of aliphatic carboxylic acids is 3. The van der Waals surface area contributed by atoms with Crippen LogP contribution >= 0.6 is 0 Å². The van der Waals surface area contributed by atoms with Gasteiger partial charge in [0.25, 0.3) is 0 Å². The van der Waals surface area contributed by atoms with Crippen LogP contribution in [0.3, 0.4) is 0 Å². The molecule has 15 nitrogen and oxygen atoms in total. The van der Waals surface area contributed by atoms with E-state index in [4.69, 9.17) is 55.5 Å². The Labute approximate surface area is 203 Å². The fourth-order valence-electron chi connectivity index (χ4n) is 0.714. The van der Waals surface area contributed by atoms with Gasteiger partial charge in [0.2, 0.25) is 0 Å². The number of carboxylic acids is 3. The fourth-order valence-corrected chi connectivity index (χ4v) is 0.714. The summed E-state index contributed by atoms with van der Waals surface area (Å²) in [6.45, 7) is 0. The number of carbonyl (C=O) groups is 3. The van der Waals surface area contributed by atoms with Gasteiger partial charge in [-0.15, -0.1) is 0 Å². The Morgan fingerprint density at radius 3 is 0.962 bits per heavy atom. The monoisotopic (exact) mass is 494 g/mol. The van der Waals surface area contributed by atoms with Gasteiger partial charge in [-0.05, 0) is 0 Å². The maximum absolute atomic E-state index is 10.3. The standard InChI is InChI=1S/C6H8O7.2Na.2H2O4S.Zn/c7-3(8)1-6(13,5(11)12)2-4(9)10;;;2*1-5(2,3)4;/h13H,1-2H2,(H,7,8)(H,9,10)(H,11,12);;;2*(H2,1,2,3,4);/q;2*+1;;;+2/p-4. The molecule has 0 saturated carbocycles. The molecular weight excluding hydrogens is 488 g/mol. The SMILES string of the molecule is O=C(O)CC(O)(CC(=O)O)C(=O)O.O=S(=O)([O-])[O-].O=S(=O)([O-])[O-].[Na+].[Na+].[Zn+2]. The van der Waals surface area contributed by atoms with Gasteiger partial charge in [-0.25, -0.2) is 4.79 Å². The average Bonchev–Trinajstić information content (AvgIpc) is 2.07. The second-order valence-corrected chi connectivity index (χ2v) is 4.93. The summed E-state index contributed by atoms with van der Waals surface area (Å²) in [5, 5.41) is 33.8. The third kappa shape index (κ3) is 49.8. The summed E-state index contributed by atoms with van der Waals surface area (Å²) in [5.74, 6) is -5.02. The molecular formula is C6H8Na2O15S2Zn. The Hall–Kier alpha value is 0.733. The first-order valence-corrected chi connectivity index (χ1v) is 7.17. The van der Waals surface area contributed by atoms with Crippen molar-refractivity contribution in [3.05, 3.63) is 0 Å². The minimum atomic E-state index is -5.17. The van der Waals surface area contributed by atoms with Crippen LogP contribution in [0, 0.1) is 0 Å². The van der Waals surface area contributed by atoms with Crippen LogP contribution in [0.5, 0.6) is 0 Å². The predicted octanol–water partition coefficient (Wildman–Crippen LogP) is -9.92. The van der Waals surface area contributed by atoms with Crippen LogP contribution in [0.1, 0.15) is 12.8 Å². The molecule has 0 aromatic heterocycles. The Kier molecular flexibility index (Phi) is 28.2. The van der Waals surface area contributed by atoms with Crippen molar-refractivity contribution in [3.63, 3.8) is 0 Å². The Morgan fingerprint density at radius 2 is 0.885 bits per heavy atom. The molecule has 0 amide bonds. The summed E-state index contributed by atoms with van der Waals surface area (Å²) in [5.41, 5.74) is -2.74. The summed E-state index contributed by atoms with van der Waals surface area (Å²) < 4.78 is 68.2. The van der Waals surface area contributed by atoms with E-state index in [9.17, 15) is 14.4 Å². The first-order chi connectivity index (χ1) is 9.78. The van der Waals surface area contributed by atoms with Crippen molar-refractivity contribution in [3.8, 4) is 0 Å². The molecule has 0 aliphatic carbocycles. The molecule has 26 heavy (non-hydrogen) atoms. The van der Waals surface area contributed by atoms with Crippen molar-refractivity contribution in [1.82, 2.24) is 0 Å². The fraction of sp³-hybridized carbons (Fsp3) is 0.500. The van der Waals surface area contributed by atoms with Crippen molar-refractivity contribution in [2.75, 3.05) is 0 Å². The van der Waals surface area contributed by atoms with Gasteiger partial charge in [-0.2, -0.15) is 0 Å². The number of hydrogen-bond donors (Lipinski definition) is 4. The summed E-state index contributed by atoms with van der Waals surface area (Å²) in [6, 6.07) is 0. The van der Waals surface area contributed by atoms with E-state index >= 15 is 0 Å². The molecule has 0 unspecified atom stereocenters. The van der Waals surface area contributed by atoms with E-state index in [2.05, 4.69) is 0 Å². The van der Waals surface area contributed by atoms with E-state index in [1.807, 2.05) is 0 Å². The quantitative estimate of drug-likeness (QED) is 0.156. The minimum absolute atomic E-state index is 0. The van der Waals surface area contributed by atoms with Crippen molar-refractivity contribution < 1.29 is 148 Å². The molecule has 0 atom stereocenters. The topological polar surface area (TPSA) is 293 Å². The Morgan fingerprint density at radius 1 is 0.731 bits per heavy atom. The third-order valence-corrected chi connectivity index (χ3v) is 1.29. The molecule has 0 bridgehead atoms. The molecule has 0 radical (unpaired) electrons. The molecule has 0 saturated heterocycles. The van der Waals surface area contributed by atoms with E-state index in [0.717, 1.165) is 0 Å². The molecule has 4 N–H and O–H groups in total. The Bertz CT molecular complexity index is 567. The maximum atomic E-state index is 10.3. The van der Waals surface area contributed by atoms with E-state index in [-0.39, 0.29) is 78.6 Å². The molecule has 0 aliphatic heterocycles. The first-order valence-electron chi connectivity index (χ1n) is 4.50. The second kappa shape index (κ2) is 17.8. The van der Waals surface area contributed by atoms with Gasteiger partial charge in [0.05, 0.1) is 12.8 Å². The van der Waals surface area contributed by atoms with Gasteiger partial charge >= 0.3 is 96.5 Å². The summed E-state index contributed by atoms with van der Waals surface area (Å²) in [7, 11) is -10.3. The van der Waals surface area contributed by atoms with Crippen LogP contribution < -0.4 is 59.1 Å². The molecule has 20 heteroatoms. The van der Waals surface area contributed by atoms with E-state index < -0.39 is 57.1 Å². The number of hydrogen-bond acceptors (Lipinski definition) is 12. The van der Waals surface area contributed by atoms with Crippen molar-refractivity contribution in [1.29, 1.82) is 0 Å². The summed E-state index contributed by atoms with van der Waals surface area (Å²) in [4.78, 5) is 30.5. The normalized spacial score (nSPS) is 9.88. The molecule has 138 valence electrons. The van der Waals surface area contributed by atoms with Gasteiger partial charge in [-0.1, -0.05) is 0 Å². The smallest absolute Gasteiger partial charge is 0.759 e. The van der Waals surface area contributed by atoms with Gasteiger partial charge in [0.1, 0.15) is 0 Å². The molecule has 0 heterocycles. The number of aliphatic hydroxyl groups is 1. The maximum Gasteiger partial charge on any atom is 2.00 e. The van der Waals surface area contributed by atoms with Gasteiger partial charge in [-0.3, -0.25) is 26.4 Å². The summed E-state index contributed by atoms with van der Waals surface area (Å²) >= 11 is 0. The van der Waals surface area contributed by atoms with Gasteiger partial charge in [0.15, 0.2) is 5.60 Å². The first kappa shape index (κ1) is 41.2. The largest absolute Gasteiger partial charge is 2.00 e. The minimum Gasteiger partial charge on any atom is -0.759 e.